The molecule has 4 heterocycles. The van der Waals surface area contributed by atoms with Crippen molar-refractivity contribution in [3.63, 3.8) is 0 Å². The highest BCUT2D eigenvalue weighted by Gasteiger charge is 2.26. The molecule has 132 valence electrons. The summed E-state index contributed by atoms with van der Waals surface area (Å²) in [5, 5.41) is 4.25. The highest BCUT2D eigenvalue weighted by Crippen LogP contribution is 2.31. The molecule has 0 aliphatic carbocycles. The summed E-state index contributed by atoms with van der Waals surface area (Å²) in [7, 11) is 2.11. The Kier molecular flexibility index (Phi) is 3.71. The molecule has 5 rings (SSSR count). The van der Waals surface area contributed by atoms with Crippen LogP contribution in [-0.2, 0) is 13.6 Å². The van der Waals surface area contributed by atoms with Crippen LogP contribution in [0.15, 0.2) is 48.8 Å². The van der Waals surface area contributed by atoms with Crippen LogP contribution >= 0.6 is 0 Å². The van der Waals surface area contributed by atoms with Crippen LogP contribution in [0.4, 0.5) is 0 Å². The first-order valence-corrected chi connectivity index (χ1v) is 9.24. The molecule has 6 heteroatoms. The van der Waals surface area contributed by atoms with E-state index in [9.17, 15) is 0 Å². The molecule has 4 aromatic rings. The molecule has 26 heavy (non-hydrogen) atoms. The number of para-hydroxylation sites is 2. The van der Waals surface area contributed by atoms with E-state index < -0.39 is 0 Å². The molecular formula is C20H22N6. The number of hydrogen-bond acceptors (Lipinski definition) is 4. The summed E-state index contributed by atoms with van der Waals surface area (Å²) in [6, 6.07) is 12.7. The first-order chi connectivity index (χ1) is 12.8. The number of fused-ring (bicyclic) bond motifs is 2. The van der Waals surface area contributed by atoms with Crippen LogP contribution in [-0.4, -0.2) is 35.6 Å². The molecule has 0 radical (unpaired) electrons. The van der Waals surface area contributed by atoms with Crippen LogP contribution < -0.4 is 0 Å². The van der Waals surface area contributed by atoms with E-state index >= 15 is 0 Å². The second kappa shape index (κ2) is 6.21. The summed E-state index contributed by atoms with van der Waals surface area (Å²) in [5.74, 6) is 1.11. The molecule has 1 atom stereocenters. The summed E-state index contributed by atoms with van der Waals surface area (Å²) in [4.78, 5) is 12.2. The van der Waals surface area contributed by atoms with Gasteiger partial charge in [0, 0.05) is 19.3 Å². The zero-order chi connectivity index (χ0) is 17.5. The van der Waals surface area contributed by atoms with Crippen molar-refractivity contribution in [3.8, 4) is 0 Å². The summed E-state index contributed by atoms with van der Waals surface area (Å²) in [5.41, 5.74) is 4.31. The van der Waals surface area contributed by atoms with Crippen molar-refractivity contribution in [2.24, 2.45) is 7.05 Å². The Labute approximate surface area is 152 Å². The van der Waals surface area contributed by atoms with Crippen molar-refractivity contribution in [1.29, 1.82) is 0 Å². The minimum Gasteiger partial charge on any atom is -0.330 e. The lowest BCUT2D eigenvalue weighted by atomic mass is 9.99. The van der Waals surface area contributed by atoms with Crippen LogP contribution in [0.5, 0.6) is 0 Å². The third-order valence-electron chi connectivity index (χ3n) is 5.46. The van der Waals surface area contributed by atoms with Crippen molar-refractivity contribution in [3.05, 3.63) is 60.3 Å². The van der Waals surface area contributed by atoms with Gasteiger partial charge >= 0.3 is 0 Å². The van der Waals surface area contributed by atoms with Crippen LogP contribution in [0.3, 0.4) is 0 Å². The molecule has 3 aromatic heterocycles. The Morgan fingerprint density at radius 3 is 2.92 bits per heavy atom. The van der Waals surface area contributed by atoms with Crippen molar-refractivity contribution in [1.82, 2.24) is 29.0 Å². The van der Waals surface area contributed by atoms with Gasteiger partial charge in [0.2, 0.25) is 0 Å². The minimum atomic E-state index is 0.337. The van der Waals surface area contributed by atoms with Gasteiger partial charge in [-0.25, -0.2) is 14.5 Å². The van der Waals surface area contributed by atoms with Crippen LogP contribution in [0, 0.1) is 0 Å². The van der Waals surface area contributed by atoms with Gasteiger partial charge in [-0.05, 0) is 37.6 Å². The average molecular weight is 346 g/mol. The molecule has 0 amide bonds. The van der Waals surface area contributed by atoms with E-state index in [1.165, 1.54) is 18.4 Å². The fourth-order valence-electron chi connectivity index (χ4n) is 4.05. The van der Waals surface area contributed by atoms with Gasteiger partial charge in [0.25, 0.3) is 0 Å². The molecule has 1 aliphatic heterocycles. The third-order valence-corrected chi connectivity index (χ3v) is 5.46. The molecule has 1 saturated heterocycles. The lowest BCUT2D eigenvalue weighted by molar-refractivity contribution is 0.133. The van der Waals surface area contributed by atoms with E-state index in [1.54, 1.807) is 6.20 Å². The van der Waals surface area contributed by atoms with Gasteiger partial charge in [-0.3, -0.25) is 4.90 Å². The first kappa shape index (κ1) is 15.5. The van der Waals surface area contributed by atoms with Crippen LogP contribution in [0.2, 0.25) is 0 Å². The SMILES string of the molecule is Cn1c(CN2CCCC[C@@H]2c2ccn3nccc3n2)nc2ccccc21. The molecule has 0 N–H and O–H groups in total. The molecule has 1 aliphatic rings. The van der Waals surface area contributed by atoms with Gasteiger partial charge in [-0.15, -0.1) is 0 Å². The fourth-order valence-corrected chi connectivity index (χ4v) is 4.05. The van der Waals surface area contributed by atoms with E-state index in [0.717, 1.165) is 42.2 Å². The number of aromatic nitrogens is 5. The number of piperidine rings is 1. The molecule has 0 unspecified atom stereocenters. The molecule has 0 bridgehead atoms. The Morgan fingerprint density at radius 1 is 1.08 bits per heavy atom. The molecule has 1 aromatic carbocycles. The maximum absolute atomic E-state index is 4.86. The number of imidazole rings is 1. The zero-order valence-corrected chi connectivity index (χ0v) is 14.9. The first-order valence-electron chi connectivity index (χ1n) is 9.24. The number of hydrogen-bond donors (Lipinski definition) is 0. The number of nitrogens with zero attached hydrogens (tertiary/aromatic N) is 6. The summed E-state index contributed by atoms with van der Waals surface area (Å²) >= 11 is 0. The van der Waals surface area contributed by atoms with Gasteiger partial charge in [0.15, 0.2) is 5.65 Å². The summed E-state index contributed by atoms with van der Waals surface area (Å²) < 4.78 is 4.04. The summed E-state index contributed by atoms with van der Waals surface area (Å²) in [6.45, 7) is 1.93. The second-order valence-corrected chi connectivity index (χ2v) is 7.04. The number of benzene rings is 1. The maximum Gasteiger partial charge on any atom is 0.155 e. The van der Waals surface area contributed by atoms with Gasteiger partial charge < -0.3 is 4.57 Å². The van der Waals surface area contributed by atoms with E-state index in [2.05, 4.69) is 45.9 Å². The topological polar surface area (TPSA) is 51.2 Å². The monoisotopic (exact) mass is 346 g/mol. The zero-order valence-electron chi connectivity index (χ0n) is 14.9. The third kappa shape index (κ3) is 2.57. The quantitative estimate of drug-likeness (QED) is 0.571. The highest BCUT2D eigenvalue weighted by molar-refractivity contribution is 5.75. The molecule has 6 nitrogen and oxygen atoms in total. The Bertz CT molecular complexity index is 1060. The standard InChI is InChI=1S/C20H22N6/c1-24-17-7-3-2-6-15(17)23-20(24)14-25-12-5-4-8-18(25)16-10-13-26-19(22-16)9-11-21-26/h2-3,6-7,9-11,13,18H,4-5,8,12,14H2,1H3/t18-/m1/s1. The van der Waals surface area contributed by atoms with Crippen LogP contribution in [0.1, 0.15) is 36.8 Å². The van der Waals surface area contributed by atoms with Crippen LogP contribution in [0.25, 0.3) is 16.7 Å². The number of aryl methyl sites for hydroxylation is 1. The highest BCUT2D eigenvalue weighted by atomic mass is 15.3. The van der Waals surface area contributed by atoms with Crippen molar-refractivity contribution >= 4 is 16.7 Å². The lowest BCUT2D eigenvalue weighted by Crippen LogP contribution is -2.34. The van der Waals surface area contributed by atoms with Gasteiger partial charge in [-0.1, -0.05) is 18.6 Å². The van der Waals surface area contributed by atoms with Gasteiger partial charge in [0.05, 0.1) is 35.5 Å². The smallest absolute Gasteiger partial charge is 0.155 e. The lowest BCUT2D eigenvalue weighted by Gasteiger charge is -2.35. The van der Waals surface area contributed by atoms with Crippen molar-refractivity contribution in [2.75, 3.05) is 6.54 Å². The molecule has 0 spiro atoms. The Balaban J connectivity index is 1.48. The number of likely N-dealkylation sites (tertiary alicyclic amines) is 1. The molecule has 0 saturated carbocycles. The average Bonchev–Trinajstić information content (AvgIpc) is 3.27. The van der Waals surface area contributed by atoms with Gasteiger partial charge in [-0.2, -0.15) is 5.10 Å². The summed E-state index contributed by atoms with van der Waals surface area (Å²) in [6.07, 6.45) is 7.43. The maximum atomic E-state index is 4.86. The predicted octanol–water partition coefficient (Wildman–Crippen LogP) is 3.34. The Morgan fingerprint density at radius 2 is 2.00 bits per heavy atom. The van der Waals surface area contributed by atoms with Crippen molar-refractivity contribution in [2.45, 2.75) is 31.8 Å². The normalized spacial score (nSPS) is 18.7. The largest absolute Gasteiger partial charge is 0.330 e. The molecule has 1 fully saturated rings. The second-order valence-electron chi connectivity index (χ2n) is 7.04. The Hall–Kier alpha value is -2.73. The fraction of sp³-hybridized carbons (Fsp3) is 0.350. The van der Waals surface area contributed by atoms with E-state index in [-0.39, 0.29) is 0 Å². The predicted molar refractivity (Wildman–Crippen MR) is 101 cm³/mol. The van der Waals surface area contributed by atoms with E-state index in [4.69, 9.17) is 9.97 Å². The van der Waals surface area contributed by atoms with E-state index in [1.807, 2.05) is 22.8 Å². The van der Waals surface area contributed by atoms with Gasteiger partial charge in [0.1, 0.15) is 5.82 Å². The minimum absolute atomic E-state index is 0.337. The van der Waals surface area contributed by atoms with Crippen molar-refractivity contribution < 1.29 is 0 Å². The van der Waals surface area contributed by atoms with E-state index in [0.29, 0.717) is 6.04 Å². The molecular weight excluding hydrogens is 324 g/mol. The number of rotatable bonds is 3.